The highest BCUT2D eigenvalue weighted by Crippen LogP contribution is 2.29. The van der Waals surface area contributed by atoms with E-state index in [1.54, 1.807) is 30.3 Å². The van der Waals surface area contributed by atoms with Crippen molar-refractivity contribution in [2.75, 3.05) is 19.0 Å². The minimum Gasteiger partial charge on any atom is -0.493 e. The highest BCUT2D eigenvalue weighted by molar-refractivity contribution is 7.16. The Hall–Kier alpha value is -2.54. The van der Waals surface area contributed by atoms with Crippen molar-refractivity contribution in [1.82, 2.24) is 0 Å². The Balaban J connectivity index is 2.02. The van der Waals surface area contributed by atoms with Gasteiger partial charge in [0.1, 0.15) is 5.00 Å². The summed E-state index contributed by atoms with van der Waals surface area (Å²) in [7, 11) is 1.51. The summed E-state index contributed by atoms with van der Waals surface area (Å²) in [6, 6.07) is 8.55. The molecule has 0 radical (unpaired) electrons. The van der Waals surface area contributed by atoms with E-state index in [4.69, 9.17) is 9.47 Å². The van der Waals surface area contributed by atoms with Gasteiger partial charge in [0.2, 0.25) is 0 Å². The van der Waals surface area contributed by atoms with Crippen molar-refractivity contribution in [2.24, 2.45) is 0 Å². The molecule has 0 unspecified atom stereocenters. The average Bonchev–Trinajstić information content (AvgIpc) is 2.96. The fourth-order valence-corrected chi connectivity index (χ4v) is 2.92. The van der Waals surface area contributed by atoms with Crippen molar-refractivity contribution in [3.8, 4) is 11.5 Å². The average molecular weight is 335 g/mol. The van der Waals surface area contributed by atoms with Gasteiger partial charge >= 0.3 is 5.97 Å². The SMILES string of the molecule is CCc1cc(C(=O)O)c(NC(=O)COc2ccccc2OC)s1. The zero-order valence-corrected chi connectivity index (χ0v) is 13.6. The third-order valence-electron chi connectivity index (χ3n) is 3.04. The smallest absolute Gasteiger partial charge is 0.338 e. The maximum atomic E-state index is 12.0. The van der Waals surface area contributed by atoms with Gasteiger partial charge in [-0.2, -0.15) is 0 Å². The summed E-state index contributed by atoms with van der Waals surface area (Å²) in [4.78, 5) is 24.1. The van der Waals surface area contributed by atoms with E-state index in [1.165, 1.54) is 18.4 Å². The highest BCUT2D eigenvalue weighted by atomic mass is 32.1. The molecule has 0 aliphatic rings. The maximum absolute atomic E-state index is 12.0. The molecule has 23 heavy (non-hydrogen) atoms. The van der Waals surface area contributed by atoms with Crippen molar-refractivity contribution >= 4 is 28.2 Å². The number of thiophene rings is 1. The minimum absolute atomic E-state index is 0.0949. The van der Waals surface area contributed by atoms with Crippen LogP contribution in [0.2, 0.25) is 0 Å². The number of nitrogens with one attached hydrogen (secondary N) is 1. The quantitative estimate of drug-likeness (QED) is 0.812. The Labute approximate surface area is 137 Å². The van der Waals surface area contributed by atoms with Crippen LogP contribution in [0.1, 0.15) is 22.2 Å². The predicted octanol–water partition coefficient (Wildman–Crippen LogP) is 3.03. The number of hydrogen-bond acceptors (Lipinski definition) is 5. The first-order valence-electron chi connectivity index (χ1n) is 6.96. The van der Waals surface area contributed by atoms with Gasteiger partial charge in [0, 0.05) is 4.88 Å². The second kappa shape index (κ2) is 7.64. The standard InChI is InChI=1S/C16H17NO5S/c1-3-10-8-11(16(19)20)15(23-10)17-14(18)9-22-13-7-5-4-6-12(13)21-2/h4-8H,3,9H2,1-2H3,(H,17,18)(H,19,20). The number of carbonyl (C=O) groups is 2. The van der Waals surface area contributed by atoms with Crippen molar-refractivity contribution in [3.63, 3.8) is 0 Å². The molecule has 0 aliphatic carbocycles. The monoisotopic (exact) mass is 335 g/mol. The molecule has 0 atom stereocenters. The molecule has 1 aromatic heterocycles. The van der Waals surface area contributed by atoms with Crippen molar-refractivity contribution in [2.45, 2.75) is 13.3 Å². The largest absolute Gasteiger partial charge is 0.493 e. The molecular formula is C16H17NO5S. The van der Waals surface area contributed by atoms with Crippen LogP contribution in [-0.4, -0.2) is 30.7 Å². The Morgan fingerprint density at radius 2 is 1.96 bits per heavy atom. The van der Waals surface area contributed by atoms with Crippen LogP contribution in [0.4, 0.5) is 5.00 Å². The topological polar surface area (TPSA) is 84.9 Å². The molecule has 2 N–H and O–H groups in total. The first-order chi connectivity index (χ1) is 11.0. The molecule has 2 aromatic rings. The molecule has 6 nitrogen and oxygen atoms in total. The van der Waals surface area contributed by atoms with Gasteiger partial charge in [0.15, 0.2) is 18.1 Å². The molecule has 0 fully saturated rings. The van der Waals surface area contributed by atoms with E-state index in [0.717, 1.165) is 4.88 Å². The summed E-state index contributed by atoms with van der Waals surface area (Å²) in [6.45, 7) is 1.69. The van der Waals surface area contributed by atoms with Gasteiger partial charge in [0.05, 0.1) is 12.7 Å². The van der Waals surface area contributed by atoms with E-state index < -0.39 is 11.9 Å². The van der Waals surface area contributed by atoms with Gasteiger partial charge in [-0.25, -0.2) is 4.79 Å². The van der Waals surface area contributed by atoms with Gasteiger partial charge in [-0.05, 0) is 24.6 Å². The Morgan fingerprint density at radius 3 is 2.57 bits per heavy atom. The van der Waals surface area contributed by atoms with E-state index in [2.05, 4.69) is 5.32 Å². The molecule has 7 heteroatoms. The summed E-state index contributed by atoms with van der Waals surface area (Å²) in [6.07, 6.45) is 0.707. The van der Waals surface area contributed by atoms with E-state index in [-0.39, 0.29) is 12.2 Å². The van der Waals surface area contributed by atoms with Crippen LogP contribution < -0.4 is 14.8 Å². The summed E-state index contributed by atoms with van der Waals surface area (Å²) in [5, 5.41) is 12.1. The Morgan fingerprint density at radius 1 is 1.26 bits per heavy atom. The van der Waals surface area contributed by atoms with Crippen molar-refractivity contribution < 1.29 is 24.2 Å². The molecule has 0 aliphatic heterocycles. The third kappa shape index (κ3) is 4.23. The number of aromatic carboxylic acids is 1. The second-order valence-corrected chi connectivity index (χ2v) is 5.74. The van der Waals surface area contributed by atoms with Gasteiger partial charge in [0.25, 0.3) is 5.91 Å². The zero-order valence-electron chi connectivity index (χ0n) is 12.8. The Bertz CT molecular complexity index is 710. The molecule has 0 spiro atoms. The first-order valence-corrected chi connectivity index (χ1v) is 7.78. The number of carboxylic acid groups (broad SMARTS) is 1. The summed E-state index contributed by atoms with van der Waals surface area (Å²) < 4.78 is 10.5. The number of anilines is 1. The van der Waals surface area contributed by atoms with E-state index in [1.807, 2.05) is 6.92 Å². The van der Waals surface area contributed by atoms with Crippen LogP contribution >= 0.6 is 11.3 Å². The fraction of sp³-hybridized carbons (Fsp3) is 0.250. The molecule has 1 heterocycles. The highest BCUT2D eigenvalue weighted by Gasteiger charge is 2.17. The first kappa shape index (κ1) is 16.8. The minimum atomic E-state index is -1.07. The number of carboxylic acids is 1. The predicted molar refractivity (Wildman–Crippen MR) is 87.8 cm³/mol. The number of methoxy groups -OCH3 is 1. The van der Waals surface area contributed by atoms with Crippen molar-refractivity contribution in [1.29, 1.82) is 0 Å². The lowest BCUT2D eigenvalue weighted by Gasteiger charge is -2.10. The van der Waals surface area contributed by atoms with Gasteiger partial charge in [-0.15, -0.1) is 11.3 Å². The van der Waals surface area contributed by atoms with Crippen LogP contribution in [0, 0.1) is 0 Å². The van der Waals surface area contributed by atoms with E-state index in [0.29, 0.717) is 22.9 Å². The summed E-state index contributed by atoms with van der Waals surface area (Å²) in [5.74, 6) is -0.523. The van der Waals surface area contributed by atoms with Gasteiger partial charge in [-0.3, -0.25) is 4.79 Å². The second-order valence-electron chi connectivity index (χ2n) is 4.60. The number of aryl methyl sites for hydroxylation is 1. The molecule has 122 valence electrons. The van der Waals surface area contributed by atoms with Crippen LogP contribution in [-0.2, 0) is 11.2 Å². The zero-order chi connectivity index (χ0) is 16.8. The molecular weight excluding hydrogens is 318 g/mol. The normalized spacial score (nSPS) is 10.2. The lowest BCUT2D eigenvalue weighted by molar-refractivity contribution is -0.118. The molecule has 2 rings (SSSR count). The molecule has 0 bridgehead atoms. The number of rotatable bonds is 7. The van der Waals surface area contributed by atoms with Crippen molar-refractivity contribution in [3.05, 3.63) is 40.8 Å². The number of ether oxygens (including phenoxy) is 2. The molecule has 0 saturated heterocycles. The Kier molecular flexibility index (Phi) is 5.59. The lowest BCUT2D eigenvalue weighted by atomic mass is 10.2. The van der Waals surface area contributed by atoms with Crippen LogP contribution in [0.15, 0.2) is 30.3 Å². The summed E-state index contributed by atoms with van der Waals surface area (Å²) >= 11 is 1.25. The molecule has 0 saturated carbocycles. The number of benzene rings is 1. The van der Waals surface area contributed by atoms with Crippen LogP contribution in [0.25, 0.3) is 0 Å². The van der Waals surface area contributed by atoms with E-state index >= 15 is 0 Å². The molecule has 1 aromatic carbocycles. The number of amides is 1. The maximum Gasteiger partial charge on any atom is 0.338 e. The lowest BCUT2D eigenvalue weighted by Crippen LogP contribution is -2.20. The number of para-hydroxylation sites is 2. The fourth-order valence-electron chi connectivity index (χ4n) is 1.91. The number of carbonyl (C=O) groups excluding carboxylic acids is 1. The molecule has 1 amide bonds. The van der Waals surface area contributed by atoms with Crippen LogP contribution in [0.3, 0.4) is 0 Å². The van der Waals surface area contributed by atoms with E-state index in [9.17, 15) is 14.7 Å². The third-order valence-corrected chi connectivity index (χ3v) is 4.24. The number of hydrogen-bond donors (Lipinski definition) is 2. The van der Waals surface area contributed by atoms with Crippen LogP contribution in [0.5, 0.6) is 11.5 Å². The van der Waals surface area contributed by atoms with Gasteiger partial charge in [-0.1, -0.05) is 19.1 Å². The summed E-state index contributed by atoms with van der Waals surface area (Å²) in [5.41, 5.74) is 0.0949. The van der Waals surface area contributed by atoms with Gasteiger partial charge < -0.3 is 19.9 Å².